The summed E-state index contributed by atoms with van der Waals surface area (Å²) in [6.45, 7) is -0.346. The predicted octanol–water partition coefficient (Wildman–Crippen LogP) is 2.12. The fourth-order valence-corrected chi connectivity index (χ4v) is 1.86. The average Bonchev–Trinajstić information content (AvgIpc) is 2.16. The minimum absolute atomic E-state index is 0.321. The molecule has 1 aromatic rings. The number of aliphatic hydroxyl groups excluding tert-OH is 1. The van der Waals surface area contributed by atoms with Crippen LogP contribution in [0, 0.1) is 3.70 Å². The smallest absolute Gasteiger partial charge is 0.280 e. The van der Waals surface area contributed by atoms with Gasteiger partial charge in [0.25, 0.3) is 6.43 Å². The summed E-state index contributed by atoms with van der Waals surface area (Å²) < 4.78 is 29.9. The van der Waals surface area contributed by atoms with Crippen molar-refractivity contribution in [2.45, 2.75) is 13.0 Å². The van der Waals surface area contributed by atoms with Crippen LogP contribution in [-0.2, 0) is 6.61 Å². The van der Waals surface area contributed by atoms with Crippen LogP contribution in [0.5, 0.6) is 5.75 Å². The standard InChI is InChI=1S/C8H8F2INO2/c1-14-6-4(3-13)2-5(7(9)10)12-8(6)11/h2,7,13H,3H2,1H3. The summed E-state index contributed by atoms with van der Waals surface area (Å²) in [7, 11) is 1.40. The molecule has 0 bridgehead atoms. The van der Waals surface area contributed by atoms with E-state index in [-0.39, 0.29) is 12.3 Å². The number of pyridine rings is 1. The van der Waals surface area contributed by atoms with Crippen LogP contribution in [0.25, 0.3) is 0 Å². The second-order valence-corrected chi connectivity index (χ2v) is 3.51. The zero-order valence-corrected chi connectivity index (χ0v) is 9.46. The monoisotopic (exact) mass is 315 g/mol. The highest BCUT2D eigenvalue weighted by Crippen LogP contribution is 2.28. The molecule has 1 heterocycles. The van der Waals surface area contributed by atoms with Crippen molar-refractivity contribution in [1.29, 1.82) is 0 Å². The maximum Gasteiger partial charge on any atom is 0.280 e. The minimum Gasteiger partial charge on any atom is -0.494 e. The average molecular weight is 315 g/mol. The molecule has 0 aromatic carbocycles. The van der Waals surface area contributed by atoms with Gasteiger partial charge in [-0.15, -0.1) is 0 Å². The molecule has 0 saturated heterocycles. The number of alkyl halides is 2. The van der Waals surface area contributed by atoms with Gasteiger partial charge >= 0.3 is 0 Å². The first-order valence-electron chi connectivity index (χ1n) is 3.72. The summed E-state index contributed by atoms with van der Waals surface area (Å²) in [5, 5.41) is 8.92. The third kappa shape index (κ3) is 2.30. The van der Waals surface area contributed by atoms with Crippen LogP contribution >= 0.6 is 22.6 Å². The van der Waals surface area contributed by atoms with Crippen LogP contribution < -0.4 is 4.74 Å². The van der Waals surface area contributed by atoms with E-state index in [2.05, 4.69) is 4.98 Å². The first-order chi connectivity index (χ1) is 6.60. The Morgan fingerprint density at radius 1 is 1.64 bits per heavy atom. The Kier molecular flexibility index (Phi) is 3.99. The van der Waals surface area contributed by atoms with Crippen molar-refractivity contribution in [2.75, 3.05) is 7.11 Å². The van der Waals surface area contributed by atoms with Gasteiger partial charge in [-0.05, 0) is 28.7 Å². The van der Waals surface area contributed by atoms with E-state index in [0.717, 1.165) is 6.07 Å². The number of aromatic nitrogens is 1. The number of ether oxygens (including phenoxy) is 1. The quantitative estimate of drug-likeness (QED) is 0.686. The summed E-state index contributed by atoms with van der Waals surface area (Å²) in [6, 6.07) is 1.14. The van der Waals surface area contributed by atoms with Gasteiger partial charge in [0, 0.05) is 5.56 Å². The molecule has 1 aromatic heterocycles. The number of hydrogen-bond acceptors (Lipinski definition) is 3. The largest absolute Gasteiger partial charge is 0.494 e. The van der Waals surface area contributed by atoms with Crippen LogP contribution in [-0.4, -0.2) is 17.2 Å². The molecule has 0 spiro atoms. The number of halogens is 3. The second kappa shape index (κ2) is 4.83. The lowest BCUT2D eigenvalue weighted by Crippen LogP contribution is -2.01. The lowest BCUT2D eigenvalue weighted by atomic mass is 10.2. The maximum absolute atomic E-state index is 12.3. The molecule has 14 heavy (non-hydrogen) atoms. The van der Waals surface area contributed by atoms with E-state index in [4.69, 9.17) is 9.84 Å². The Balaban J connectivity index is 3.24. The first kappa shape index (κ1) is 11.6. The SMILES string of the molecule is COc1c(CO)cc(C(F)F)nc1I. The molecule has 3 nitrogen and oxygen atoms in total. The molecule has 1 rings (SSSR count). The van der Waals surface area contributed by atoms with Crippen LogP contribution in [0.15, 0.2) is 6.07 Å². The normalized spacial score (nSPS) is 10.7. The molecule has 6 heteroatoms. The Morgan fingerprint density at radius 3 is 2.71 bits per heavy atom. The maximum atomic E-state index is 12.3. The topological polar surface area (TPSA) is 42.4 Å². The van der Waals surface area contributed by atoms with Gasteiger partial charge in [-0.25, -0.2) is 13.8 Å². The van der Waals surface area contributed by atoms with Crippen LogP contribution in [0.1, 0.15) is 17.7 Å². The molecular weight excluding hydrogens is 307 g/mol. The Labute approximate surface area is 93.2 Å². The molecule has 0 aliphatic heterocycles. The molecule has 0 amide bonds. The van der Waals surface area contributed by atoms with Crippen molar-refractivity contribution < 1.29 is 18.6 Å². The lowest BCUT2D eigenvalue weighted by molar-refractivity contribution is 0.145. The zero-order valence-electron chi connectivity index (χ0n) is 7.30. The van der Waals surface area contributed by atoms with Crippen molar-refractivity contribution in [3.8, 4) is 5.75 Å². The zero-order chi connectivity index (χ0) is 10.7. The fraction of sp³-hybridized carbons (Fsp3) is 0.375. The molecule has 0 unspecified atom stereocenters. The Hall–Kier alpha value is -0.500. The van der Waals surface area contributed by atoms with Gasteiger partial charge in [-0.2, -0.15) is 0 Å². The molecule has 0 aliphatic carbocycles. The third-order valence-electron chi connectivity index (χ3n) is 1.63. The number of aliphatic hydroxyl groups is 1. The predicted molar refractivity (Wildman–Crippen MR) is 54.4 cm³/mol. The van der Waals surface area contributed by atoms with Crippen LogP contribution in [0.4, 0.5) is 8.78 Å². The Bertz CT molecular complexity index is 333. The van der Waals surface area contributed by atoms with Crippen molar-refractivity contribution in [1.82, 2.24) is 4.98 Å². The Morgan fingerprint density at radius 2 is 2.29 bits per heavy atom. The van der Waals surface area contributed by atoms with Crippen molar-refractivity contribution in [2.24, 2.45) is 0 Å². The third-order valence-corrected chi connectivity index (χ3v) is 2.36. The van der Waals surface area contributed by atoms with Crippen LogP contribution in [0.3, 0.4) is 0 Å². The minimum atomic E-state index is -2.64. The molecule has 0 atom stereocenters. The highest BCUT2D eigenvalue weighted by Gasteiger charge is 2.16. The highest BCUT2D eigenvalue weighted by atomic mass is 127. The van der Waals surface area contributed by atoms with Gasteiger partial charge < -0.3 is 9.84 Å². The molecule has 0 saturated carbocycles. The molecule has 1 N–H and O–H groups in total. The van der Waals surface area contributed by atoms with E-state index in [9.17, 15) is 8.78 Å². The van der Waals surface area contributed by atoms with E-state index >= 15 is 0 Å². The van der Waals surface area contributed by atoms with E-state index in [1.54, 1.807) is 22.6 Å². The first-order valence-corrected chi connectivity index (χ1v) is 4.80. The molecule has 0 fully saturated rings. The number of nitrogens with zero attached hydrogens (tertiary/aromatic N) is 1. The fourth-order valence-electron chi connectivity index (χ4n) is 1.02. The van der Waals surface area contributed by atoms with Gasteiger partial charge in [-0.3, -0.25) is 0 Å². The van der Waals surface area contributed by atoms with E-state index in [0.29, 0.717) is 15.0 Å². The second-order valence-electron chi connectivity index (χ2n) is 2.49. The number of hydrogen-bond donors (Lipinski definition) is 1. The highest BCUT2D eigenvalue weighted by molar-refractivity contribution is 14.1. The summed E-state index contributed by atoms with van der Waals surface area (Å²) in [5.41, 5.74) is -0.0264. The molecule has 0 radical (unpaired) electrons. The van der Waals surface area contributed by atoms with Gasteiger partial charge in [0.2, 0.25) is 0 Å². The van der Waals surface area contributed by atoms with E-state index in [1.807, 2.05) is 0 Å². The summed E-state index contributed by atoms with van der Waals surface area (Å²) in [5.74, 6) is 0.345. The molecule has 0 aliphatic rings. The summed E-state index contributed by atoms with van der Waals surface area (Å²) >= 11 is 1.79. The number of methoxy groups -OCH3 is 1. The number of rotatable bonds is 3. The van der Waals surface area contributed by atoms with E-state index < -0.39 is 6.43 Å². The summed E-state index contributed by atoms with van der Waals surface area (Å²) in [6.07, 6.45) is -2.64. The van der Waals surface area contributed by atoms with Crippen molar-refractivity contribution in [3.05, 3.63) is 21.0 Å². The molecular formula is C8H8F2INO2. The van der Waals surface area contributed by atoms with Gasteiger partial charge in [0.15, 0.2) is 5.75 Å². The van der Waals surface area contributed by atoms with Crippen LogP contribution in [0.2, 0.25) is 0 Å². The van der Waals surface area contributed by atoms with Crippen molar-refractivity contribution >= 4 is 22.6 Å². The lowest BCUT2D eigenvalue weighted by Gasteiger charge is -2.09. The van der Waals surface area contributed by atoms with Crippen molar-refractivity contribution in [3.63, 3.8) is 0 Å². The molecule has 78 valence electrons. The van der Waals surface area contributed by atoms with Gasteiger partial charge in [0.1, 0.15) is 9.39 Å². The van der Waals surface area contributed by atoms with Gasteiger partial charge in [0.05, 0.1) is 13.7 Å². The summed E-state index contributed by atoms with van der Waals surface area (Å²) in [4.78, 5) is 3.65. The van der Waals surface area contributed by atoms with Gasteiger partial charge in [-0.1, -0.05) is 0 Å². The van der Waals surface area contributed by atoms with E-state index in [1.165, 1.54) is 7.11 Å².